The zero-order chi connectivity index (χ0) is 13.9. The molecule has 0 amide bonds. The Kier molecular flexibility index (Phi) is 4.85. The van der Waals surface area contributed by atoms with Crippen LogP contribution in [0.1, 0.15) is 18.2 Å². The van der Waals surface area contributed by atoms with Crippen LogP contribution in [-0.4, -0.2) is 50.2 Å². The fourth-order valence-electron chi connectivity index (χ4n) is 1.80. The predicted molar refractivity (Wildman–Crippen MR) is 69.6 cm³/mol. The third-order valence-electron chi connectivity index (χ3n) is 2.49. The largest absolute Gasteiger partial charge is 0.326 e. The molecule has 0 radical (unpaired) electrons. The lowest BCUT2D eigenvalue weighted by Gasteiger charge is -2.17. The summed E-state index contributed by atoms with van der Waals surface area (Å²) in [6.45, 7) is 4.30. The number of nitrogens with two attached hydrogens (primary N) is 1. The molecule has 0 fully saturated rings. The van der Waals surface area contributed by atoms with Crippen LogP contribution in [0.5, 0.6) is 0 Å². The molecular formula is C10H21N5O2S. The third kappa shape index (κ3) is 3.52. The van der Waals surface area contributed by atoms with Crippen molar-refractivity contribution in [2.75, 3.05) is 20.6 Å². The Bertz CT molecular complexity index is 494. The molecule has 104 valence electrons. The summed E-state index contributed by atoms with van der Waals surface area (Å²) >= 11 is 0. The van der Waals surface area contributed by atoms with Gasteiger partial charge in [0.1, 0.15) is 0 Å². The minimum atomic E-state index is -3.63. The van der Waals surface area contributed by atoms with Crippen molar-refractivity contribution in [2.24, 2.45) is 5.73 Å². The number of aromatic amines is 1. The van der Waals surface area contributed by atoms with Crippen molar-refractivity contribution >= 4 is 10.0 Å². The molecule has 18 heavy (non-hydrogen) atoms. The maximum Gasteiger partial charge on any atom is 0.260 e. The zero-order valence-electron chi connectivity index (χ0n) is 11.2. The fraction of sp³-hybridized carbons (Fsp3) is 0.700. The van der Waals surface area contributed by atoms with E-state index in [0.29, 0.717) is 17.8 Å². The van der Waals surface area contributed by atoms with Gasteiger partial charge in [0.25, 0.3) is 10.0 Å². The summed E-state index contributed by atoms with van der Waals surface area (Å²) in [5.41, 5.74) is 6.75. The van der Waals surface area contributed by atoms with E-state index in [1.807, 2.05) is 19.0 Å². The molecule has 8 heteroatoms. The number of sulfonamides is 1. The van der Waals surface area contributed by atoms with Crippen LogP contribution < -0.4 is 10.5 Å². The van der Waals surface area contributed by atoms with Gasteiger partial charge in [-0.25, -0.2) is 13.1 Å². The Morgan fingerprint density at radius 2 is 2.11 bits per heavy atom. The summed E-state index contributed by atoms with van der Waals surface area (Å²) in [5, 5.41) is 6.46. The van der Waals surface area contributed by atoms with Crippen molar-refractivity contribution < 1.29 is 8.42 Å². The Morgan fingerprint density at radius 3 is 2.61 bits per heavy atom. The van der Waals surface area contributed by atoms with E-state index in [1.165, 1.54) is 0 Å². The van der Waals surface area contributed by atoms with Crippen molar-refractivity contribution in [1.82, 2.24) is 19.8 Å². The number of nitrogens with one attached hydrogen (secondary N) is 2. The van der Waals surface area contributed by atoms with Gasteiger partial charge in [0.2, 0.25) is 0 Å². The summed E-state index contributed by atoms with van der Waals surface area (Å²) in [7, 11) is 0.141. The van der Waals surface area contributed by atoms with Gasteiger partial charge in [-0.2, -0.15) is 5.10 Å². The lowest BCUT2D eigenvalue weighted by atomic mass is 10.3. The molecule has 0 bridgehead atoms. The maximum atomic E-state index is 12.1. The van der Waals surface area contributed by atoms with Crippen LogP contribution >= 0.6 is 0 Å². The van der Waals surface area contributed by atoms with Gasteiger partial charge in [0, 0.05) is 30.4 Å². The topological polar surface area (TPSA) is 104 Å². The molecule has 4 N–H and O–H groups in total. The second-order valence-corrected chi connectivity index (χ2v) is 6.25. The van der Waals surface area contributed by atoms with Gasteiger partial charge >= 0.3 is 0 Å². The van der Waals surface area contributed by atoms with Gasteiger partial charge in [-0.05, 0) is 27.9 Å². The Morgan fingerprint density at radius 1 is 1.50 bits per heavy atom. The molecule has 0 aromatic carbocycles. The van der Waals surface area contributed by atoms with Gasteiger partial charge in [0.15, 0.2) is 5.03 Å². The van der Waals surface area contributed by atoms with Crippen LogP contribution in [0.3, 0.4) is 0 Å². The molecule has 7 nitrogen and oxygen atoms in total. The van der Waals surface area contributed by atoms with E-state index in [2.05, 4.69) is 14.9 Å². The van der Waals surface area contributed by atoms with Crippen LogP contribution in [0.15, 0.2) is 5.03 Å². The fourth-order valence-corrected chi connectivity index (χ4v) is 3.24. The van der Waals surface area contributed by atoms with Crippen LogP contribution in [-0.2, 0) is 16.6 Å². The lowest BCUT2D eigenvalue weighted by Crippen LogP contribution is -2.40. The van der Waals surface area contributed by atoms with E-state index >= 15 is 0 Å². The summed E-state index contributed by atoms with van der Waals surface area (Å²) in [5.74, 6) is 0. The Hall–Kier alpha value is -0.960. The number of likely N-dealkylation sites (N-methyl/N-ethyl adjacent to an activating group) is 1. The first-order valence-electron chi connectivity index (χ1n) is 5.69. The van der Waals surface area contributed by atoms with E-state index < -0.39 is 10.0 Å². The number of hydrogen-bond donors (Lipinski definition) is 3. The number of H-pyrrole nitrogens is 1. The molecule has 1 aromatic heterocycles. The molecule has 0 spiro atoms. The minimum absolute atomic E-state index is 0.00638. The molecule has 0 saturated carbocycles. The number of rotatable bonds is 6. The molecule has 0 aliphatic heterocycles. The molecule has 1 aromatic rings. The lowest BCUT2D eigenvalue weighted by molar-refractivity contribution is 0.370. The summed E-state index contributed by atoms with van der Waals surface area (Å²) in [6.07, 6.45) is 0. The van der Waals surface area contributed by atoms with Gasteiger partial charge in [0.05, 0.1) is 0 Å². The highest BCUT2D eigenvalue weighted by molar-refractivity contribution is 7.89. The predicted octanol–water partition coefficient (Wildman–Crippen LogP) is -0.595. The zero-order valence-corrected chi connectivity index (χ0v) is 12.0. The molecule has 1 atom stereocenters. The van der Waals surface area contributed by atoms with Gasteiger partial charge < -0.3 is 10.6 Å². The van der Waals surface area contributed by atoms with E-state index in [0.717, 1.165) is 0 Å². The highest BCUT2D eigenvalue weighted by Gasteiger charge is 2.24. The summed E-state index contributed by atoms with van der Waals surface area (Å²) in [4.78, 5) is 1.91. The van der Waals surface area contributed by atoms with Crippen LogP contribution in [0.2, 0.25) is 0 Å². The third-order valence-corrected chi connectivity index (χ3v) is 4.05. The van der Waals surface area contributed by atoms with E-state index in [9.17, 15) is 8.42 Å². The average molecular weight is 275 g/mol. The van der Waals surface area contributed by atoms with Gasteiger partial charge in [-0.15, -0.1) is 0 Å². The molecule has 0 aliphatic carbocycles. The second kappa shape index (κ2) is 5.79. The second-order valence-electron chi connectivity index (χ2n) is 4.62. The standard InChI is InChI=1S/C10H21N5O2S/c1-7(6-15(3)4)14-18(16,17)10-9(5-11)8(2)12-13-10/h7,14H,5-6,11H2,1-4H3,(H,12,13). The quantitative estimate of drug-likeness (QED) is 0.643. The van der Waals surface area contributed by atoms with Crippen molar-refractivity contribution in [2.45, 2.75) is 31.5 Å². The first kappa shape index (κ1) is 15.1. The first-order valence-corrected chi connectivity index (χ1v) is 7.17. The van der Waals surface area contributed by atoms with Crippen LogP contribution in [0, 0.1) is 6.92 Å². The minimum Gasteiger partial charge on any atom is -0.326 e. The van der Waals surface area contributed by atoms with E-state index in [-0.39, 0.29) is 17.6 Å². The monoisotopic (exact) mass is 275 g/mol. The molecular weight excluding hydrogens is 254 g/mol. The van der Waals surface area contributed by atoms with Gasteiger partial charge in [-0.3, -0.25) is 5.10 Å². The highest BCUT2D eigenvalue weighted by atomic mass is 32.2. The highest BCUT2D eigenvalue weighted by Crippen LogP contribution is 2.15. The van der Waals surface area contributed by atoms with Crippen LogP contribution in [0.4, 0.5) is 0 Å². The summed E-state index contributed by atoms with van der Waals surface area (Å²) in [6, 6.07) is -0.201. The van der Waals surface area contributed by atoms with Crippen molar-refractivity contribution in [3.8, 4) is 0 Å². The first-order chi connectivity index (χ1) is 8.27. The van der Waals surface area contributed by atoms with Gasteiger partial charge in [-0.1, -0.05) is 0 Å². The number of nitrogens with zero attached hydrogens (tertiary/aromatic N) is 2. The normalized spacial score (nSPS) is 14.1. The van der Waals surface area contributed by atoms with E-state index in [4.69, 9.17) is 5.73 Å². The Balaban J connectivity index is 2.93. The van der Waals surface area contributed by atoms with Crippen molar-refractivity contribution in [3.63, 3.8) is 0 Å². The maximum absolute atomic E-state index is 12.1. The summed E-state index contributed by atoms with van der Waals surface area (Å²) < 4.78 is 26.9. The Labute approximate surface area is 108 Å². The molecule has 0 saturated heterocycles. The van der Waals surface area contributed by atoms with Crippen LogP contribution in [0.25, 0.3) is 0 Å². The molecule has 1 unspecified atom stereocenters. The SMILES string of the molecule is Cc1[nH]nc(S(=O)(=O)NC(C)CN(C)C)c1CN. The average Bonchev–Trinajstić information content (AvgIpc) is 2.57. The number of aromatic nitrogens is 2. The molecule has 1 rings (SSSR count). The van der Waals surface area contributed by atoms with Crippen molar-refractivity contribution in [1.29, 1.82) is 0 Å². The molecule has 0 aliphatic rings. The number of aryl methyl sites for hydroxylation is 1. The molecule has 1 heterocycles. The number of hydrogen-bond acceptors (Lipinski definition) is 5. The van der Waals surface area contributed by atoms with E-state index in [1.54, 1.807) is 13.8 Å². The van der Waals surface area contributed by atoms with Crippen molar-refractivity contribution in [3.05, 3.63) is 11.3 Å². The smallest absolute Gasteiger partial charge is 0.260 e.